The van der Waals surface area contributed by atoms with Gasteiger partial charge in [-0.1, -0.05) is 0 Å². The van der Waals surface area contributed by atoms with Crippen LogP contribution in [0.25, 0.3) is 0 Å². The molecule has 4 rings (SSSR count). The highest BCUT2D eigenvalue weighted by Gasteiger charge is 2.35. The van der Waals surface area contributed by atoms with Crippen molar-refractivity contribution in [3.05, 3.63) is 35.3 Å². The van der Waals surface area contributed by atoms with E-state index < -0.39 is 5.92 Å². The van der Waals surface area contributed by atoms with Crippen molar-refractivity contribution in [2.75, 3.05) is 41.4 Å². The largest absolute Gasteiger partial charge is 0.466 e. The molecule has 1 N–H and O–H groups in total. The molecule has 2 amide bonds. The number of rotatable bonds is 7. The fraction of sp³-hybridized carbons (Fsp3) is 0.455. The standard InChI is InChI=1S/C22H26N4O4S/c1-2-30-20(28)12-16-14-31-22(23-16)24-21(29)15-11-19(27)26(13-15)18-7-5-17(6-8-18)25-9-3-4-10-25/h5-8,14-15H,2-4,9-13H2,1H3,(H,23,24,29). The summed E-state index contributed by atoms with van der Waals surface area (Å²) in [7, 11) is 0. The van der Waals surface area contributed by atoms with Crippen molar-refractivity contribution in [1.29, 1.82) is 0 Å². The molecule has 0 bridgehead atoms. The van der Waals surface area contributed by atoms with Crippen LogP contribution in [-0.4, -0.2) is 49.0 Å². The molecule has 0 radical (unpaired) electrons. The third-order valence-electron chi connectivity index (χ3n) is 5.54. The number of nitrogens with one attached hydrogen (secondary N) is 1. The normalized spacial score (nSPS) is 18.5. The molecule has 0 aliphatic carbocycles. The Morgan fingerprint density at radius 1 is 1.19 bits per heavy atom. The summed E-state index contributed by atoms with van der Waals surface area (Å²) in [5.74, 6) is -1.08. The van der Waals surface area contributed by atoms with Crippen molar-refractivity contribution in [3.8, 4) is 0 Å². The molecular formula is C22H26N4O4S. The number of ether oxygens (including phenoxy) is 1. The van der Waals surface area contributed by atoms with E-state index in [2.05, 4.69) is 15.2 Å². The van der Waals surface area contributed by atoms with Gasteiger partial charge in [0.05, 0.1) is 24.6 Å². The van der Waals surface area contributed by atoms with Crippen LogP contribution < -0.4 is 15.1 Å². The molecule has 164 valence electrons. The molecule has 9 heteroatoms. The molecule has 3 heterocycles. The van der Waals surface area contributed by atoms with Crippen LogP contribution in [0.15, 0.2) is 29.6 Å². The molecule has 1 aromatic carbocycles. The van der Waals surface area contributed by atoms with Crippen LogP contribution >= 0.6 is 11.3 Å². The Kier molecular flexibility index (Phi) is 6.50. The monoisotopic (exact) mass is 442 g/mol. The minimum atomic E-state index is -0.442. The highest BCUT2D eigenvalue weighted by molar-refractivity contribution is 7.13. The number of carbonyl (C=O) groups is 3. The molecule has 2 fully saturated rings. The summed E-state index contributed by atoms with van der Waals surface area (Å²) in [5, 5.41) is 4.92. The zero-order valence-corrected chi connectivity index (χ0v) is 18.3. The molecule has 1 unspecified atom stereocenters. The summed E-state index contributed by atoms with van der Waals surface area (Å²) in [6.07, 6.45) is 2.67. The first-order valence-electron chi connectivity index (χ1n) is 10.6. The SMILES string of the molecule is CCOC(=O)Cc1csc(NC(=O)C2CC(=O)N(c3ccc(N4CCCC4)cc3)C2)n1. The number of hydrogen-bond donors (Lipinski definition) is 1. The van der Waals surface area contributed by atoms with Gasteiger partial charge in [-0.15, -0.1) is 11.3 Å². The minimum absolute atomic E-state index is 0.0591. The van der Waals surface area contributed by atoms with Crippen LogP contribution in [0.2, 0.25) is 0 Å². The van der Waals surface area contributed by atoms with Crippen LogP contribution in [0, 0.1) is 5.92 Å². The minimum Gasteiger partial charge on any atom is -0.466 e. The third-order valence-corrected chi connectivity index (χ3v) is 6.35. The molecule has 2 saturated heterocycles. The van der Waals surface area contributed by atoms with E-state index in [9.17, 15) is 14.4 Å². The fourth-order valence-electron chi connectivity index (χ4n) is 3.96. The lowest BCUT2D eigenvalue weighted by molar-refractivity contribution is -0.142. The van der Waals surface area contributed by atoms with E-state index in [-0.39, 0.29) is 30.6 Å². The number of nitrogens with zero attached hydrogens (tertiary/aromatic N) is 3. The van der Waals surface area contributed by atoms with Gasteiger partial charge in [0.15, 0.2) is 5.13 Å². The van der Waals surface area contributed by atoms with E-state index >= 15 is 0 Å². The van der Waals surface area contributed by atoms with Gasteiger partial charge in [0, 0.05) is 42.8 Å². The first-order valence-corrected chi connectivity index (χ1v) is 11.5. The van der Waals surface area contributed by atoms with Crippen molar-refractivity contribution in [1.82, 2.24) is 4.98 Å². The highest BCUT2D eigenvalue weighted by atomic mass is 32.1. The van der Waals surface area contributed by atoms with Crippen molar-refractivity contribution >= 4 is 45.6 Å². The van der Waals surface area contributed by atoms with E-state index in [0.29, 0.717) is 24.0 Å². The first-order chi connectivity index (χ1) is 15.0. The quantitative estimate of drug-likeness (QED) is 0.663. The number of carbonyl (C=O) groups excluding carboxylic acids is 3. The maximum atomic E-state index is 12.7. The van der Waals surface area contributed by atoms with Gasteiger partial charge < -0.3 is 19.9 Å². The Labute approximate surface area is 185 Å². The van der Waals surface area contributed by atoms with Crippen LogP contribution in [0.5, 0.6) is 0 Å². The molecule has 31 heavy (non-hydrogen) atoms. The number of aromatic nitrogens is 1. The van der Waals surface area contributed by atoms with Gasteiger partial charge in [0.1, 0.15) is 0 Å². The predicted octanol–water partition coefficient (Wildman–Crippen LogP) is 2.84. The van der Waals surface area contributed by atoms with Crippen LogP contribution in [-0.2, 0) is 25.5 Å². The third kappa shape index (κ3) is 5.04. The smallest absolute Gasteiger partial charge is 0.311 e. The zero-order valence-electron chi connectivity index (χ0n) is 17.5. The second-order valence-corrected chi connectivity index (χ2v) is 8.59. The lowest BCUT2D eigenvalue weighted by Crippen LogP contribution is -2.28. The molecule has 8 nitrogen and oxygen atoms in total. The molecule has 1 aromatic heterocycles. The van der Waals surface area contributed by atoms with Gasteiger partial charge in [-0.25, -0.2) is 4.98 Å². The summed E-state index contributed by atoms with van der Waals surface area (Å²) < 4.78 is 4.91. The molecule has 0 spiro atoms. The second-order valence-electron chi connectivity index (χ2n) is 7.73. The average molecular weight is 443 g/mol. The Bertz CT molecular complexity index is 953. The summed E-state index contributed by atoms with van der Waals surface area (Å²) in [5.41, 5.74) is 2.54. The lowest BCUT2D eigenvalue weighted by atomic mass is 10.1. The second kappa shape index (κ2) is 9.47. The van der Waals surface area contributed by atoms with Crippen molar-refractivity contribution < 1.29 is 19.1 Å². The Morgan fingerprint density at radius 2 is 1.90 bits per heavy atom. The summed E-state index contributed by atoms with van der Waals surface area (Å²) >= 11 is 1.25. The number of hydrogen-bond acceptors (Lipinski definition) is 7. The van der Waals surface area contributed by atoms with Crippen LogP contribution in [0.1, 0.15) is 31.9 Å². The van der Waals surface area contributed by atoms with Crippen molar-refractivity contribution in [2.45, 2.75) is 32.6 Å². The predicted molar refractivity (Wildman–Crippen MR) is 119 cm³/mol. The molecule has 1 atom stereocenters. The van der Waals surface area contributed by atoms with Crippen molar-refractivity contribution in [3.63, 3.8) is 0 Å². The molecule has 0 saturated carbocycles. The van der Waals surface area contributed by atoms with E-state index in [0.717, 1.165) is 18.8 Å². The Hall–Kier alpha value is -2.94. The maximum absolute atomic E-state index is 12.7. The molecule has 2 aliphatic heterocycles. The summed E-state index contributed by atoms with van der Waals surface area (Å²) in [6, 6.07) is 7.99. The van der Waals surface area contributed by atoms with Gasteiger partial charge >= 0.3 is 5.97 Å². The number of esters is 1. The topological polar surface area (TPSA) is 91.8 Å². The van der Waals surface area contributed by atoms with Gasteiger partial charge in [-0.2, -0.15) is 0 Å². The maximum Gasteiger partial charge on any atom is 0.311 e. The van der Waals surface area contributed by atoms with E-state index in [1.807, 2.05) is 24.3 Å². The first kappa shape index (κ1) is 21.3. The Balaban J connectivity index is 1.34. The van der Waals surface area contributed by atoms with E-state index in [4.69, 9.17) is 4.74 Å². The summed E-state index contributed by atoms with van der Waals surface area (Å²) in [4.78, 5) is 45.1. The molecular weight excluding hydrogens is 416 g/mol. The van der Waals surface area contributed by atoms with E-state index in [1.165, 1.54) is 29.9 Å². The van der Waals surface area contributed by atoms with Crippen LogP contribution in [0.3, 0.4) is 0 Å². The molecule has 2 aliphatic rings. The van der Waals surface area contributed by atoms with Crippen LogP contribution in [0.4, 0.5) is 16.5 Å². The number of amides is 2. The van der Waals surface area contributed by atoms with Crippen molar-refractivity contribution in [2.24, 2.45) is 5.92 Å². The van der Waals surface area contributed by atoms with Gasteiger partial charge in [-0.3, -0.25) is 14.4 Å². The van der Waals surface area contributed by atoms with Gasteiger partial charge in [0.25, 0.3) is 0 Å². The van der Waals surface area contributed by atoms with Gasteiger partial charge in [-0.05, 0) is 44.0 Å². The lowest BCUT2D eigenvalue weighted by Gasteiger charge is -2.20. The fourth-order valence-corrected chi connectivity index (χ4v) is 4.68. The highest BCUT2D eigenvalue weighted by Crippen LogP contribution is 2.29. The zero-order chi connectivity index (χ0) is 21.8. The number of thiazole rings is 1. The number of anilines is 3. The average Bonchev–Trinajstić information content (AvgIpc) is 3.50. The number of benzene rings is 1. The molecule has 2 aromatic rings. The van der Waals surface area contributed by atoms with Gasteiger partial charge in [0.2, 0.25) is 11.8 Å². The van der Waals surface area contributed by atoms with E-state index in [1.54, 1.807) is 17.2 Å². The Morgan fingerprint density at radius 3 is 2.61 bits per heavy atom. The summed E-state index contributed by atoms with van der Waals surface area (Å²) in [6.45, 7) is 4.55.